The molecule has 0 bridgehead atoms. The largest absolute Gasteiger partial charge is 0.493 e. The van der Waals surface area contributed by atoms with Crippen molar-refractivity contribution in [3.63, 3.8) is 0 Å². The highest BCUT2D eigenvalue weighted by atomic mass is 16.3. The van der Waals surface area contributed by atoms with Crippen LogP contribution in [0.2, 0.25) is 0 Å². The van der Waals surface area contributed by atoms with E-state index in [0.717, 1.165) is 0 Å². The quantitative estimate of drug-likeness (QED) is 0.357. The average Bonchev–Trinajstić information content (AvgIpc) is 3.19. The fourth-order valence-corrected chi connectivity index (χ4v) is 2.43. The Morgan fingerprint density at radius 3 is 2.85 bits per heavy atom. The van der Waals surface area contributed by atoms with Gasteiger partial charge in [-0.05, 0) is 18.2 Å². The number of hydrogen-bond donors (Lipinski definition) is 4. The van der Waals surface area contributed by atoms with Crippen molar-refractivity contribution in [2.75, 3.05) is 5.73 Å². The highest BCUT2D eigenvalue weighted by Crippen LogP contribution is 2.09. The first-order valence-corrected chi connectivity index (χ1v) is 7.61. The van der Waals surface area contributed by atoms with Gasteiger partial charge in [-0.25, -0.2) is 19.8 Å². The minimum absolute atomic E-state index is 0.186. The molecule has 0 aliphatic heterocycles. The molecular formula is C16H11N9O2. The summed E-state index contributed by atoms with van der Waals surface area (Å²) in [6, 6.07) is 6.69. The Morgan fingerprint density at radius 2 is 2.19 bits per heavy atom. The van der Waals surface area contributed by atoms with Gasteiger partial charge in [0.15, 0.2) is 17.0 Å². The molecule has 0 unspecified atom stereocenters. The van der Waals surface area contributed by atoms with Crippen molar-refractivity contribution in [2.24, 2.45) is 4.99 Å². The minimum Gasteiger partial charge on any atom is -0.493 e. The number of nitrogens with one attached hydrogen (secondary N) is 2. The highest BCUT2D eigenvalue weighted by molar-refractivity contribution is 5.57. The predicted octanol–water partition coefficient (Wildman–Crippen LogP) is -0.920. The van der Waals surface area contributed by atoms with Crippen LogP contribution in [0, 0.1) is 11.3 Å². The van der Waals surface area contributed by atoms with Gasteiger partial charge in [-0.2, -0.15) is 14.9 Å². The molecule has 11 heteroatoms. The van der Waals surface area contributed by atoms with Crippen LogP contribution >= 0.6 is 0 Å². The van der Waals surface area contributed by atoms with Crippen molar-refractivity contribution in [1.29, 1.82) is 5.26 Å². The SMILES string of the molecule is N#Cc1ccc(N=c2cc(N)n3ncc(=Cc4[nH]c(=O)[nH]c4O)c3n2)nc1. The monoisotopic (exact) mass is 361 g/mol. The smallest absolute Gasteiger partial charge is 0.326 e. The predicted molar refractivity (Wildman–Crippen MR) is 93.4 cm³/mol. The van der Waals surface area contributed by atoms with E-state index in [1.807, 2.05) is 6.07 Å². The number of hydrogen-bond acceptors (Lipinski definition) is 8. The second-order valence-electron chi connectivity index (χ2n) is 5.49. The molecule has 27 heavy (non-hydrogen) atoms. The number of aromatic amines is 2. The van der Waals surface area contributed by atoms with Crippen LogP contribution in [0.3, 0.4) is 0 Å². The lowest BCUT2D eigenvalue weighted by Gasteiger charge is -1.98. The van der Waals surface area contributed by atoms with Crippen LogP contribution in [0.5, 0.6) is 5.88 Å². The molecule has 0 atom stereocenters. The lowest BCUT2D eigenvalue weighted by molar-refractivity contribution is 0.454. The summed E-state index contributed by atoms with van der Waals surface area (Å²) >= 11 is 0. The van der Waals surface area contributed by atoms with Gasteiger partial charge in [0, 0.05) is 17.5 Å². The summed E-state index contributed by atoms with van der Waals surface area (Å²) in [7, 11) is 0. The van der Waals surface area contributed by atoms with Crippen molar-refractivity contribution in [1.82, 2.24) is 29.5 Å². The second-order valence-corrected chi connectivity index (χ2v) is 5.49. The van der Waals surface area contributed by atoms with Gasteiger partial charge in [-0.15, -0.1) is 0 Å². The van der Waals surface area contributed by atoms with Crippen molar-refractivity contribution in [3.8, 4) is 11.9 Å². The van der Waals surface area contributed by atoms with Crippen LogP contribution in [0.4, 0.5) is 11.6 Å². The summed E-state index contributed by atoms with van der Waals surface area (Å²) in [5.41, 5.74) is 6.75. The summed E-state index contributed by atoms with van der Waals surface area (Å²) in [6.45, 7) is 0. The molecule has 0 saturated heterocycles. The fraction of sp³-hybridized carbons (Fsp3) is 0. The van der Waals surface area contributed by atoms with E-state index in [2.05, 4.69) is 30.0 Å². The van der Waals surface area contributed by atoms with Crippen LogP contribution in [-0.2, 0) is 0 Å². The maximum atomic E-state index is 11.3. The number of nitrogen functional groups attached to an aromatic ring is 1. The normalized spacial score (nSPS) is 12.6. The first-order valence-electron chi connectivity index (χ1n) is 7.61. The van der Waals surface area contributed by atoms with Crippen LogP contribution < -0.4 is 22.1 Å². The summed E-state index contributed by atoms with van der Waals surface area (Å²) < 4.78 is 1.40. The third kappa shape index (κ3) is 2.98. The standard InChI is InChI=1S/C16H11N9O2/c17-5-8-1-2-12(19-6-8)22-13-4-11(18)25-14(23-13)9(7-20-25)3-10-15(26)24-16(27)21-10/h1-4,6-7,26H,18H2,(H2,21,24,27). The number of nitrogens with zero attached hydrogens (tertiary/aromatic N) is 6. The Balaban J connectivity index is 1.89. The number of anilines is 1. The zero-order chi connectivity index (χ0) is 19.0. The Kier molecular flexibility index (Phi) is 3.63. The van der Waals surface area contributed by atoms with Crippen molar-refractivity contribution in [2.45, 2.75) is 0 Å². The van der Waals surface area contributed by atoms with Crippen molar-refractivity contribution in [3.05, 3.63) is 63.0 Å². The van der Waals surface area contributed by atoms with Gasteiger partial charge in [0.05, 0.1) is 11.8 Å². The molecule has 0 fully saturated rings. The number of aromatic hydroxyl groups is 1. The average molecular weight is 361 g/mol. The lowest BCUT2D eigenvalue weighted by Crippen LogP contribution is -2.16. The van der Waals surface area contributed by atoms with Gasteiger partial charge >= 0.3 is 5.69 Å². The van der Waals surface area contributed by atoms with Crippen LogP contribution in [0.15, 0.2) is 40.4 Å². The molecule has 4 heterocycles. The van der Waals surface area contributed by atoms with Crippen LogP contribution in [0.1, 0.15) is 11.3 Å². The van der Waals surface area contributed by atoms with Gasteiger partial charge < -0.3 is 15.8 Å². The molecule has 4 rings (SSSR count). The van der Waals surface area contributed by atoms with E-state index in [9.17, 15) is 9.90 Å². The minimum atomic E-state index is -0.537. The molecule has 0 aromatic carbocycles. The number of pyridine rings is 1. The van der Waals surface area contributed by atoms with Crippen LogP contribution in [-0.4, -0.2) is 34.7 Å². The Hall–Kier alpha value is -4.46. The summed E-state index contributed by atoms with van der Waals surface area (Å²) in [5.74, 6) is 0.358. The number of aromatic nitrogens is 6. The first-order chi connectivity index (χ1) is 13.0. The molecule has 4 aromatic heterocycles. The molecule has 11 nitrogen and oxygen atoms in total. The van der Waals surface area contributed by atoms with Crippen molar-refractivity contribution >= 4 is 23.4 Å². The molecule has 132 valence electrons. The van der Waals surface area contributed by atoms with E-state index < -0.39 is 5.69 Å². The maximum absolute atomic E-state index is 11.3. The molecule has 5 N–H and O–H groups in total. The summed E-state index contributed by atoms with van der Waals surface area (Å²) in [6.07, 6.45) is 4.41. The van der Waals surface area contributed by atoms with E-state index >= 15 is 0 Å². The van der Waals surface area contributed by atoms with E-state index in [-0.39, 0.29) is 11.6 Å². The Morgan fingerprint density at radius 1 is 1.33 bits per heavy atom. The molecule has 0 spiro atoms. The number of imidazole rings is 1. The van der Waals surface area contributed by atoms with Gasteiger partial charge in [-0.1, -0.05) is 0 Å². The summed E-state index contributed by atoms with van der Waals surface area (Å²) in [4.78, 5) is 28.7. The fourth-order valence-electron chi connectivity index (χ4n) is 2.43. The van der Waals surface area contributed by atoms with Crippen LogP contribution in [0.25, 0.3) is 11.7 Å². The molecule has 0 aliphatic carbocycles. The number of nitriles is 1. The molecule has 0 saturated carbocycles. The van der Waals surface area contributed by atoms with Crippen molar-refractivity contribution < 1.29 is 5.11 Å². The highest BCUT2D eigenvalue weighted by Gasteiger charge is 2.07. The van der Waals surface area contributed by atoms with Gasteiger partial charge in [0.1, 0.15) is 17.6 Å². The topological polar surface area (TPSA) is 174 Å². The van der Waals surface area contributed by atoms with E-state index in [4.69, 9.17) is 11.0 Å². The second kappa shape index (κ2) is 6.12. The lowest BCUT2D eigenvalue weighted by atomic mass is 10.3. The third-order valence-electron chi connectivity index (χ3n) is 3.65. The summed E-state index contributed by atoms with van der Waals surface area (Å²) in [5, 5.41) is 23.2. The molecule has 4 aromatic rings. The number of nitrogens with two attached hydrogens (primary N) is 1. The number of rotatable bonds is 2. The third-order valence-corrected chi connectivity index (χ3v) is 3.65. The first kappa shape index (κ1) is 16.0. The maximum Gasteiger partial charge on any atom is 0.326 e. The van der Waals surface area contributed by atoms with Gasteiger partial charge in [-0.3, -0.25) is 4.98 Å². The zero-order valence-electron chi connectivity index (χ0n) is 13.6. The van der Waals surface area contributed by atoms with Gasteiger partial charge in [0.25, 0.3) is 0 Å². The van der Waals surface area contributed by atoms with E-state index in [1.165, 1.54) is 29.1 Å². The molecular weight excluding hydrogens is 350 g/mol. The molecule has 0 amide bonds. The number of fused-ring (bicyclic) bond motifs is 1. The van der Waals surface area contributed by atoms with Gasteiger partial charge in [0.2, 0.25) is 5.88 Å². The van der Waals surface area contributed by atoms with E-state index in [1.54, 1.807) is 12.1 Å². The Labute approximate surface area is 149 Å². The van der Waals surface area contributed by atoms with E-state index in [0.29, 0.717) is 33.6 Å². The molecule has 0 aliphatic rings. The molecule has 0 radical (unpaired) electrons. The number of H-pyrrole nitrogens is 2. The Bertz CT molecular complexity index is 1370. The zero-order valence-corrected chi connectivity index (χ0v) is 13.6.